The summed E-state index contributed by atoms with van der Waals surface area (Å²) in [5.74, 6) is 5.81. The fourth-order valence-electron chi connectivity index (χ4n) is 1.80. The van der Waals surface area contributed by atoms with Crippen molar-refractivity contribution in [2.24, 2.45) is 5.84 Å². The number of hydrogen-bond donors (Lipinski definition) is 2. The first-order valence-electron chi connectivity index (χ1n) is 6.54. The molecule has 1 unspecified atom stereocenters. The topological polar surface area (TPSA) is 49.5 Å². The molecule has 0 radical (unpaired) electrons. The summed E-state index contributed by atoms with van der Waals surface area (Å²) in [7, 11) is 0. The average molecular weight is 271 g/mol. The third-order valence-electron chi connectivity index (χ3n) is 2.92. The first-order chi connectivity index (χ1) is 8.61. The van der Waals surface area contributed by atoms with E-state index in [1.54, 1.807) is 5.01 Å². The van der Waals surface area contributed by atoms with Crippen LogP contribution in [0.15, 0.2) is 24.3 Å². The van der Waals surface area contributed by atoms with Gasteiger partial charge >= 0.3 is 0 Å². The summed E-state index contributed by atoms with van der Waals surface area (Å²) in [4.78, 5) is 0. The van der Waals surface area contributed by atoms with Crippen molar-refractivity contribution in [1.29, 1.82) is 0 Å². The van der Waals surface area contributed by atoms with Crippen LogP contribution in [-0.2, 0) is 6.42 Å². The Morgan fingerprint density at radius 2 is 2.00 bits per heavy atom. The van der Waals surface area contributed by atoms with Gasteiger partial charge in [0.15, 0.2) is 0 Å². The van der Waals surface area contributed by atoms with Gasteiger partial charge in [-0.3, -0.25) is 5.84 Å². The van der Waals surface area contributed by atoms with Crippen LogP contribution in [0.5, 0.6) is 0 Å². The van der Waals surface area contributed by atoms with E-state index in [2.05, 4.69) is 6.92 Å². The highest BCUT2D eigenvalue weighted by atomic mass is 35.5. The molecule has 0 bridgehead atoms. The lowest BCUT2D eigenvalue weighted by Crippen LogP contribution is -2.38. The zero-order chi connectivity index (χ0) is 13.4. The van der Waals surface area contributed by atoms with Gasteiger partial charge in [0, 0.05) is 18.1 Å². The maximum absolute atomic E-state index is 9.89. The molecule has 3 N–H and O–H groups in total. The molecule has 3 nitrogen and oxygen atoms in total. The van der Waals surface area contributed by atoms with Crippen LogP contribution in [0.1, 0.15) is 31.7 Å². The molecule has 0 amide bonds. The van der Waals surface area contributed by atoms with Crippen molar-refractivity contribution < 1.29 is 5.11 Å². The van der Waals surface area contributed by atoms with Crippen LogP contribution in [0, 0.1) is 0 Å². The Morgan fingerprint density at radius 3 is 2.61 bits per heavy atom. The SMILES string of the molecule is CCCCN(N)CC(O)CCc1ccc(Cl)cc1. The smallest absolute Gasteiger partial charge is 0.0684 e. The van der Waals surface area contributed by atoms with Crippen LogP contribution in [0.2, 0.25) is 5.02 Å². The lowest BCUT2D eigenvalue weighted by atomic mass is 10.1. The van der Waals surface area contributed by atoms with Crippen LogP contribution < -0.4 is 5.84 Å². The number of nitrogens with zero attached hydrogens (tertiary/aromatic N) is 1. The Morgan fingerprint density at radius 1 is 1.33 bits per heavy atom. The van der Waals surface area contributed by atoms with Crippen LogP contribution in [-0.4, -0.2) is 29.3 Å². The molecule has 0 spiro atoms. The van der Waals surface area contributed by atoms with Gasteiger partial charge in [-0.15, -0.1) is 0 Å². The first kappa shape index (κ1) is 15.4. The zero-order valence-corrected chi connectivity index (χ0v) is 11.7. The zero-order valence-electron chi connectivity index (χ0n) is 11.0. The van der Waals surface area contributed by atoms with Gasteiger partial charge in [0.2, 0.25) is 0 Å². The quantitative estimate of drug-likeness (QED) is 0.564. The number of aryl methyl sites for hydroxylation is 1. The summed E-state index contributed by atoms with van der Waals surface area (Å²) < 4.78 is 0. The Labute approximate surface area is 115 Å². The molecule has 0 aliphatic carbocycles. The summed E-state index contributed by atoms with van der Waals surface area (Å²) in [5.41, 5.74) is 1.19. The maximum Gasteiger partial charge on any atom is 0.0684 e. The second kappa shape index (κ2) is 8.48. The van der Waals surface area contributed by atoms with Crippen molar-refractivity contribution in [3.05, 3.63) is 34.9 Å². The van der Waals surface area contributed by atoms with Gasteiger partial charge in [-0.25, -0.2) is 5.01 Å². The number of aliphatic hydroxyl groups is 1. The lowest BCUT2D eigenvalue weighted by Gasteiger charge is -2.19. The van der Waals surface area contributed by atoms with Gasteiger partial charge in [-0.1, -0.05) is 37.1 Å². The Bertz CT molecular complexity index is 329. The Balaban J connectivity index is 2.24. The molecule has 0 aromatic heterocycles. The molecule has 1 aromatic rings. The van der Waals surface area contributed by atoms with E-state index in [1.807, 2.05) is 24.3 Å². The van der Waals surface area contributed by atoms with Crippen LogP contribution in [0.4, 0.5) is 0 Å². The average Bonchev–Trinajstić information content (AvgIpc) is 2.35. The van der Waals surface area contributed by atoms with Crippen molar-refractivity contribution in [2.45, 2.75) is 38.7 Å². The summed E-state index contributed by atoms with van der Waals surface area (Å²) >= 11 is 5.82. The van der Waals surface area contributed by atoms with Gasteiger partial charge in [-0.05, 0) is 37.0 Å². The molecule has 1 aromatic carbocycles. The Hall–Kier alpha value is -0.610. The minimum Gasteiger partial charge on any atom is -0.392 e. The number of hydrogen-bond acceptors (Lipinski definition) is 3. The van der Waals surface area contributed by atoms with Crippen molar-refractivity contribution >= 4 is 11.6 Å². The molecule has 0 aliphatic heterocycles. The number of halogens is 1. The minimum atomic E-state index is -0.373. The van der Waals surface area contributed by atoms with Crippen LogP contribution >= 0.6 is 11.6 Å². The largest absolute Gasteiger partial charge is 0.392 e. The van der Waals surface area contributed by atoms with Gasteiger partial charge in [0.05, 0.1) is 6.10 Å². The first-order valence-corrected chi connectivity index (χ1v) is 6.91. The van der Waals surface area contributed by atoms with E-state index < -0.39 is 0 Å². The van der Waals surface area contributed by atoms with E-state index in [-0.39, 0.29) is 6.10 Å². The van der Waals surface area contributed by atoms with Crippen molar-refractivity contribution in [3.8, 4) is 0 Å². The molecule has 1 atom stereocenters. The number of hydrazine groups is 1. The summed E-state index contributed by atoms with van der Waals surface area (Å²) in [5, 5.41) is 12.3. The maximum atomic E-state index is 9.89. The van der Waals surface area contributed by atoms with E-state index in [0.717, 1.165) is 37.3 Å². The molecule has 102 valence electrons. The molecule has 0 saturated carbocycles. The fourth-order valence-corrected chi connectivity index (χ4v) is 1.92. The highest BCUT2D eigenvalue weighted by Crippen LogP contribution is 2.12. The highest BCUT2D eigenvalue weighted by molar-refractivity contribution is 6.30. The van der Waals surface area contributed by atoms with Crippen molar-refractivity contribution in [2.75, 3.05) is 13.1 Å². The van der Waals surface area contributed by atoms with Crippen LogP contribution in [0.25, 0.3) is 0 Å². The second-order valence-corrected chi connectivity index (χ2v) is 5.10. The molecule has 1 rings (SSSR count). The third kappa shape index (κ3) is 6.36. The standard InChI is InChI=1S/C14H23ClN2O/c1-2-3-10-17(16)11-14(18)9-6-12-4-7-13(15)8-5-12/h4-5,7-8,14,18H,2-3,6,9-11,16H2,1H3. The monoisotopic (exact) mass is 270 g/mol. The van der Waals surface area contributed by atoms with Crippen molar-refractivity contribution in [3.63, 3.8) is 0 Å². The van der Waals surface area contributed by atoms with Gasteiger partial charge < -0.3 is 5.11 Å². The molecule has 0 heterocycles. The fraction of sp³-hybridized carbons (Fsp3) is 0.571. The Kier molecular flexibility index (Phi) is 7.28. The number of rotatable bonds is 8. The number of unbranched alkanes of at least 4 members (excludes halogenated alkanes) is 1. The number of aliphatic hydroxyl groups excluding tert-OH is 1. The molecular weight excluding hydrogens is 248 g/mol. The minimum absolute atomic E-state index is 0.373. The molecule has 0 fully saturated rings. The van der Waals surface area contributed by atoms with E-state index in [4.69, 9.17) is 17.4 Å². The predicted octanol–water partition coefficient (Wildman–Crippen LogP) is 2.61. The second-order valence-electron chi connectivity index (χ2n) is 4.67. The molecule has 0 aliphatic rings. The molecule has 0 saturated heterocycles. The molecule has 4 heteroatoms. The van der Waals surface area contributed by atoms with E-state index >= 15 is 0 Å². The van der Waals surface area contributed by atoms with Gasteiger partial charge in [-0.2, -0.15) is 0 Å². The lowest BCUT2D eigenvalue weighted by molar-refractivity contribution is 0.105. The van der Waals surface area contributed by atoms with Crippen LogP contribution in [0.3, 0.4) is 0 Å². The predicted molar refractivity (Wildman–Crippen MR) is 76.4 cm³/mol. The summed E-state index contributed by atoms with van der Waals surface area (Å²) in [6, 6.07) is 7.73. The molecule has 18 heavy (non-hydrogen) atoms. The number of nitrogens with two attached hydrogens (primary N) is 1. The van der Waals surface area contributed by atoms with E-state index in [9.17, 15) is 5.11 Å². The van der Waals surface area contributed by atoms with Gasteiger partial charge in [0.1, 0.15) is 0 Å². The molecular formula is C14H23ClN2O. The normalized spacial score (nSPS) is 12.9. The van der Waals surface area contributed by atoms with E-state index in [1.165, 1.54) is 5.56 Å². The highest BCUT2D eigenvalue weighted by Gasteiger charge is 2.08. The van der Waals surface area contributed by atoms with Crippen molar-refractivity contribution in [1.82, 2.24) is 5.01 Å². The number of benzene rings is 1. The summed E-state index contributed by atoms with van der Waals surface area (Å²) in [6.07, 6.45) is 3.39. The third-order valence-corrected chi connectivity index (χ3v) is 3.18. The summed E-state index contributed by atoms with van der Waals surface area (Å²) in [6.45, 7) is 3.51. The van der Waals surface area contributed by atoms with E-state index in [0.29, 0.717) is 6.54 Å². The van der Waals surface area contributed by atoms with Gasteiger partial charge in [0.25, 0.3) is 0 Å².